The molecule has 31 heavy (non-hydrogen) atoms. The normalized spacial score (nSPS) is 20.6. The molecule has 1 aliphatic heterocycles. The van der Waals surface area contributed by atoms with E-state index in [9.17, 15) is 23.5 Å². The van der Waals surface area contributed by atoms with Gasteiger partial charge in [0.1, 0.15) is 0 Å². The molecule has 3 aliphatic rings. The lowest BCUT2D eigenvalue weighted by Gasteiger charge is -2.21. The van der Waals surface area contributed by atoms with Crippen LogP contribution in [0.2, 0.25) is 0 Å². The second kappa shape index (κ2) is 7.59. The van der Waals surface area contributed by atoms with Crippen molar-refractivity contribution in [2.45, 2.75) is 56.8 Å². The van der Waals surface area contributed by atoms with Gasteiger partial charge in [0.15, 0.2) is 11.6 Å². The molecule has 0 unspecified atom stereocenters. The molecule has 2 aromatic heterocycles. The van der Waals surface area contributed by atoms with Crippen LogP contribution in [0.4, 0.5) is 8.78 Å². The minimum atomic E-state index is -2.79. The first-order valence-corrected chi connectivity index (χ1v) is 11.1. The number of ketones is 1. The van der Waals surface area contributed by atoms with Crippen molar-refractivity contribution in [1.82, 2.24) is 10.1 Å². The van der Waals surface area contributed by atoms with Crippen molar-refractivity contribution >= 4 is 23.1 Å². The van der Waals surface area contributed by atoms with Gasteiger partial charge in [-0.2, -0.15) is 4.98 Å². The Labute approximate surface area is 180 Å². The maximum absolute atomic E-state index is 14.0. The highest BCUT2D eigenvalue weighted by atomic mass is 32.1. The zero-order valence-corrected chi connectivity index (χ0v) is 17.4. The zero-order valence-electron chi connectivity index (χ0n) is 16.6. The fourth-order valence-electron chi connectivity index (χ4n) is 4.15. The molecule has 0 spiro atoms. The number of fused-ring (bicyclic) bond motifs is 1. The monoisotopic (exact) mass is 450 g/mol. The summed E-state index contributed by atoms with van der Waals surface area (Å²) in [5, 5.41) is 13.5. The van der Waals surface area contributed by atoms with Gasteiger partial charge in [-0.3, -0.25) is 4.79 Å². The molecule has 3 heterocycles. The van der Waals surface area contributed by atoms with E-state index in [0.29, 0.717) is 21.1 Å². The second-order valence-corrected chi connectivity index (χ2v) is 9.42. The summed E-state index contributed by atoms with van der Waals surface area (Å²) in [5.74, 6) is -3.19. The third-order valence-corrected chi connectivity index (χ3v) is 7.18. The standard InChI is InChI=1S/C21H20F2N2O5S/c22-21(23)5-3-12-16(8-21)31-15(17(12)19-24-18(25-30-19)10-1-2-10)7-14(26)13-9-29-6-4-11(13)20(27)28/h10H,1-9H2,(H,27,28). The Morgan fingerprint density at radius 1 is 1.23 bits per heavy atom. The molecule has 1 fully saturated rings. The van der Waals surface area contributed by atoms with Gasteiger partial charge in [-0.05, 0) is 24.8 Å². The topological polar surface area (TPSA) is 103 Å². The van der Waals surface area contributed by atoms with Crippen molar-refractivity contribution < 1.29 is 32.7 Å². The predicted octanol–water partition coefficient (Wildman–Crippen LogP) is 3.71. The molecule has 7 nitrogen and oxygen atoms in total. The Balaban J connectivity index is 1.53. The van der Waals surface area contributed by atoms with Crippen molar-refractivity contribution in [2.75, 3.05) is 13.2 Å². The highest BCUT2D eigenvalue weighted by molar-refractivity contribution is 7.12. The highest BCUT2D eigenvalue weighted by Gasteiger charge is 2.39. The van der Waals surface area contributed by atoms with Gasteiger partial charge in [-0.25, -0.2) is 13.6 Å². The van der Waals surface area contributed by atoms with Crippen LogP contribution in [0.3, 0.4) is 0 Å². The van der Waals surface area contributed by atoms with Gasteiger partial charge in [0.2, 0.25) is 0 Å². The Morgan fingerprint density at radius 2 is 2.03 bits per heavy atom. The summed E-state index contributed by atoms with van der Waals surface area (Å²) in [5.41, 5.74) is 1.49. The third kappa shape index (κ3) is 3.94. The second-order valence-electron chi connectivity index (χ2n) is 8.23. The van der Waals surface area contributed by atoms with Crippen LogP contribution in [0, 0.1) is 0 Å². The molecule has 5 rings (SSSR count). The summed E-state index contributed by atoms with van der Waals surface area (Å²) in [6.45, 7) is 0.184. The first kappa shape index (κ1) is 20.4. The van der Waals surface area contributed by atoms with Crippen molar-refractivity contribution in [3.63, 3.8) is 0 Å². The average molecular weight is 450 g/mol. The van der Waals surface area contributed by atoms with Gasteiger partial charge < -0.3 is 14.4 Å². The Hall–Kier alpha value is -2.46. The molecule has 0 saturated heterocycles. The van der Waals surface area contributed by atoms with Crippen LogP contribution >= 0.6 is 11.3 Å². The van der Waals surface area contributed by atoms with Gasteiger partial charge >= 0.3 is 5.97 Å². The molecule has 0 amide bonds. The van der Waals surface area contributed by atoms with Crippen LogP contribution in [0.15, 0.2) is 15.7 Å². The lowest BCUT2D eigenvalue weighted by atomic mass is 9.91. The van der Waals surface area contributed by atoms with Crippen LogP contribution in [0.25, 0.3) is 11.5 Å². The van der Waals surface area contributed by atoms with E-state index in [-0.39, 0.29) is 74.1 Å². The quantitative estimate of drug-likeness (QED) is 0.716. The van der Waals surface area contributed by atoms with E-state index >= 15 is 0 Å². The van der Waals surface area contributed by atoms with E-state index in [2.05, 4.69) is 10.1 Å². The van der Waals surface area contributed by atoms with Crippen molar-refractivity contribution in [1.29, 1.82) is 0 Å². The van der Waals surface area contributed by atoms with Gasteiger partial charge in [-0.15, -0.1) is 11.3 Å². The number of carbonyl (C=O) groups excluding carboxylic acids is 1. The molecule has 0 bridgehead atoms. The number of alkyl halides is 2. The number of ether oxygens (including phenoxy) is 1. The van der Waals surface area contributed by atoms with E-state index in [1.54, 1.807) is 0 Å². The molecular weight excluding hydrogens is 430 g/mol. The highest BCUT2D eigenvalue weighted by Crippen LogP contribution is 2.46. The predicted molar refractivity (Wildman–Crippen MR) is 105 cm³/mol. The molecule has 2 aromatic rings. The number of rotatable bonds is 6. The number of hydrogen-bond acceptors (Lipinski definition) is 7. The summed E-state index contributed by atoms with van der Waals surface area (Å²) in [6, 6.07) is 0. The van der Waals surface area contributed by atoms with Crippen LogP contribution < -0.4 is 0 Å². The number of aromatic nitrogens is 2. The number of Topliss-reactive ketones (excluding diaryl/α,β-unsaturated/α-hetero) is 1. The van der Waals surface area contributed by atoms with Crippen molar-refractivity contribution in [3.8, 4) is 11.5 Å². The van der Waals surface area contributed by atoms with E-state index in [4.69, 9.17) is 9.26 Å². The van der Waals surface area contributed by atoms with Crippen molar-refractivity contribution in [3.05, 3.63) is 32.3 Å². The number of carboxylic acids is 1. The number of carbonyl (C=O) groups is 2. The summed E-state index contributed by atoms with van der Waals surface area (Å²) in [4.78, 5) is 30.1. The van der Waals surface area contributed by atoms with Crippen LogP contribution in [0.1, 0.15) is 52.7 Å². The van der Waals surface area contributed by atoms with Crippen LogP contribution in [-0.4, -0.2) is 46.1 Å². The molecule has 10 heteroatoms. The average Bonchev–Trinajstić information content (AvgIpc) is 3.36. The molecule has 2 aliphatic carbocycles. The molecule has 0 radical (unpaired) electrons. The molecule has 1 saturated carbocycles. The zero-order chi connectivity index (χ0) is 21.8. The molecule has 1 N–H and O–H groups in total. The molecular formula is C21H20F2N2O5S. The summed E-state index contributed by atoms with van der Waals surface area (Å²) in [6.07, 6.45) is 1.53. The first-order valence-electron chi connectivity index (χ1n) is 10.2. The lowest BCUT2D eigenvalue weighted by molar-refractivity contribution is -0.133. The minimum Gasteiger partial charge on any atom is -0.478 e. The van der Waals surface area contributed by atoms with Crippen LogP contribution in [0.5, 0.6) is 0 Å². The lowest BCUT2D eigenvalue weighted by Crippen LogP contribution is -2.24. The van der Waals surface area contributed by atoms with E-state index in [1.807, 2.05) is 0 Å². The van der Waals surface area contributed by atoms with E-state index in [0.717, 1.165) is 29.7 Å². The van der Waals surface area contributed by atoms with Gasteiger partial charge in [0.25, 0.3) is 11.8 Å². The third-order valence-electron chi connectivity index (χ3n) is 5.94. The first-order chi connectivity index (χ1) is 14.8. The van der Waals surface area contributed by atoms with Crippen molar-refractivity contribution in [2.24, 2.45) is 0 Å². The number of nitrogens with zero attached hydrogens (tertiary/aromatic N) is 2. The number of hydrogen-bond donors (Lipinski definition) is 1. The summed E-state index contributed by atoms with van der Waals surface area (Å²) in [7, 11) is 0. The smallest absolute Gasteiger partial charge is 0.332 e. The van der Waals surface area contributed by atoms with Gasteiger partial charge in [0.05, 0.1) is 18.8 Å². The minimum absolute atomic E-state index is 0.0551. The van der Waals surface area contributed by atoms with Crippen LogP contribution in [-0.2, 0) is 33.6 Å². The maximum Gasteiger partial charge on any atom is 0.332 e. The molecule has 164 valence electrons. The van der Waals surface area contributed by atoms with E-state index < -0.39 is 11.9 Å². The maximum atomic E-state index is 14.0. The molecule has 0 atom stereocenters. The SMILES string of the molecule is O=C(O)C1=C(C(=O)Cc2sc3c(c2-c2nc(C4CC4)no2)CCC(F)(F)C3)COCC1. The summed E-state index contributed by atoms with van der Waals surface area (Å²) < 4.78 is 38.8. The number of thiophene rings is 1. The summed E-state index contributed by atoms with van der Waals surface area (Å²) >= 11 is 1.15. The Morgan fingerprint density at radius 3 is 2.77 bits per heavy atom. The van der Waals surface area contributed by atoms with Gasteiger partial charge in [0, 0.05) is 52.5 Å². The fourth-order valence-corrected chi connectivity index (χ4v) is 5.57. The largest absolute Gasteiger partial charge is 0.478 e. The number of halogens is 2. The Kier molecular flexibility index (Phi) is 5.01. The fraction of sp³-hybridized carbons (Fsp3) is 0.524. The molecule has 0 aromatic carbocycles. The number of carboxylic acid groups (broad SMARTS) is 1. The van der Waals surface area contributed by atoms with E-state index in [1.165, 1.54) is 0 Å². The van der Waals surface area contributed by atoms with Gasteiger partial charge in [-0.1, -0.05) is 5.16 Å². The number of aliphatic carboxylic acids is 1. The Bertz CT molecular complexity index is 1100.